The predicted octanol–water partition coefficient (Wildman–Crippen LogP) is 8.40. The number of fused-ring (bicyclic) bond motifs is 1. The van der Waals surface area contributed by atoms with Crippen molar-refractivity contribution in [2.24, 2.45) is 23.7 Å². The van der Waals surface area contributed by atoms with Crippen molar-refractivity contribution >= 4 is 13.4 Å². The van der Waals surface area contributed by atoms with Gasteiger partial charge in [0.2, 0.25) is 0 Å². The van der Waals surface area contributed by atoms with Crippen LogP contribution in [0.2, 0.25) is 12.1 Å². The smallest absolute Gasteiger partial charge is 0.158 e. The van der Waals surface area contributed by atoms with Crippen LogP contribution < -0.4 is 10.2 Å². The molecule has 2 saturated carbocycles. The van der Waals surface area contributed by atoms with Crippen molar-refractivity contribution in [1.29, 1.82) is 0 Å². The average molecular weight is 490 g/mol. The topological polar surface area (TPSA) is 12.0 Å². The van der Waals surface area contributed by atoms with E-state index in [4.69, 9.17) is 0 Å². The third-order valence-corrected chi connectivity index (χ3v) is 14.3. The average Bonchev–Trinajstić information content (AvgIpc) is 3.19. The largest absolute Gasteiger partial charge is 0.329 e. The molecule has 0 saturated heterocycles. The maximum Gasteiger partial charge on any atom is 0.158 e. The van der Waals surface area contributed by atoms with E-state index in [1.807, 2.05) is 0 Å². The summed E-state index contributed by atoms with van der Waals surface area (Å²) in [6.45, 7) is 21.8. The van der Waals surface area contributed by atoms with E-state index in [0.717, 1.165) is 35.1 Å². The monoisotopic (exact) mass is 489 g/mol. The summed E-state index contributed by atoms with van der Waals surface area (Å²) in [5, 5.41) is 1.60. The molecule has 0 heterocycles. The van der Waals surface area contributed by atoms with Crippen LogP contribution in [0, 0.1) is 23.7 Å². The molecule has 2 aliphatic rings. The summed E-state index contributed by atoms with van der Waals surface area (Å²) >= 11 is 0. The Balaban J connectivity index is 1.74. The highest BCUT2D eigenvalue weighted by Crippen LogP contribution is 2.61. The summed E-state index contributed by atoms with van der Waals surface area (Å²) < 4.78 is 0. The highest BCUT2D eigenvalue weighted by Gasteiger charge is 2.57. The van der Waals surface area contributed by atoms with Gasteiger partial charge in [0.25, 0.3) is 0 Å². The van der Waals surface area contributed by atoms with Crippen LogP contribution in [0.3, 0.4) is 0 Å². The van der Waals surface area contributed by atoms with Gasteiger partial charge in [-0.15, -0.1) is 0 Å². The molecule has 2 aromatic carbocycles. The maximum atomic E-state index is 4.33. The van der Waals surface area contributed by atoms with Gasteiger partial charge in [-0.05, 0) is 90.5 Å². The van der Waals surface area contributed by atoms with Crippen molar-refractivity contribution in [2.45, 2.75) is 110 Å². The summed E-state index contributed by atoms with van der Waals surface area (Å²) in [4.78, 5) is 4.33. The third-order valence-electron chi connectivity index (χ3n) is 9.32. The quantitative estimate of drug-likeness (QED) is 0.416. The SMILES string of the molecule is CC(C)C1CC2C(c3ccc(C(C)(C)C)cc3)CCCC2C1[Si](C)(NC(C)(C)C)c1ccccc1. The van der Waals surface area contributed by atoms with Gasteiger partial charge in [0.1, 0.15) is 0 Å². The summed E-state index contributed by atoms with van der Waals surface area (Å²) in [6.07, 6.45) is 5.56. The van der Waals surface area contributed by atoms with Crippen LogP contribution in [0.15, 0.2) is 54.6 Å². The van der Waals surface area contributed by atoms with Crippen LogP contribution in [-0.4, -0.2) is 13.8 Å². The lowest BCUT2D eigenvalue weighted by atomic mass is 9.70. The molecule has 0 bridgehead atoms. The van der Waals surface area contributed by atoms with Crippen LogP contribution in [0.25, 0.3) is 0 Å². The molecule has 1 N–H and O–H groups in total. The minimum atomic E-state index is -1.98. The van der Waals surface area contributed by atoms with Crippen molar-refractivity contribution in [2.75, 3.05) is 0 Å². The molecule has 4 rings (SSSR count). The Morgan fingerprint density at radius 3 is 2.00 bits per heavy atom. The molecule has 0 aliphatic heterocycles. The molecule has 2 aromatic rings. The Morgan fingerprint density at radius 2 is 1.46 bits per heavy atom. The van der Waals surface area contributed by atoms with Gasteiger partial charge < -0.3 is 4.98 Å². The first-order chi connectivity index (χ1) is 16.3. The standard InChI is InChI=1S/C33H51NSi/c1-23(2)29-22-30-27(24-18-20-25(21-19-24)32(3,4)5)16-13-17-28(30)31(29)35(9,34-33(6,7)8)26-14-11-10-12-15-26/h10-12,14-15,18-21,23,27-31,34H,13,16-17,22H2,1-9H3. The van der Waals surface area contributed by atoms with Crippen molar-refractivity contribution in [3.8, 4) is 0 Å². The zero-order valence-electron chi connectivity index (χ0n) is 24.0. The zero-order chi connectivity index (χ0) is 25.6. The van der Waals surface area contributed by atoms with Crippen LogP contribution in [0.4, 0.5) is 0 Å². The molecule has 35 heavy (non-hydrogen) atoms. The van der Waals surface area contributed by atoms with E-state index in [-0.39, 0.29) is 11.0 Å². The Kier molecular flexibility index (Phi) is 7.49. The van der Waals surface area contributed by atoms with E-state index >= 15 is 0 Å². The Hall–Kier alpha value is -1.38. The van der Waals surface area contributed by atoms with Crippen LogP contribution in [-0.2, 0) is 5.41 Å². The summed E-state index contributed by atoms with van der Waals surface area (Å²) in [6, 6.07) is 21.4. The van der Waals surface area contributed by atoms with E-state index in [9.17, 15) is 0 Å². The second-order valence-electron chi connectivity index (χ2n) is 14.3. The van der Waals surface area contributed by atoms with Gasteiger partial charge in [0.15, 0.2) is 8.24 Å². The Bertz CT molecular complexity index is 965. The van der Waals surface area contributed by atoms with Gasteiger partial charge in [-0.3, -0.25) is 0 Å². The fourth-order valence-electron chi connectivity index (χ4n) is 7.96. The van der Waals surface area contributed by atoms with Gasteiger partial charge in [0.05, 0.1) is 0 Å². The van der Waals surface area contributed by atoms with Crippen molar-refractivity contribution < 1.29 is 0 Å². The van der Waals surface area contributed by atoms with E-state index in [1.54, 1.807) is 10.8 Å². The second kappa shape index (κ2) is 9.82. The summed E-state index contributed by atoms with van der Waals surface area (Å²) in [5.74, 6) is 3.89. The molecule has 0 spiro atoms. The molecule has 6 unspecified atom stereocenters. The lowest BCUT2D eigenvalue weighted by molar-refractivity contribution is 0.235. The number of hydrogen-bond donors (Lipinski definition) is 1. The van der Waals surface area contributed by atoms with Crippen molar-refractivity contribution in [1.82, 2.24) is 4.98 Å². The molecule has 2 aliphatic carbocycles. The molecule has 0 aromatic heterocycles. The van der Waals surface area contributed by atoms with Gasteiger partial charge in [0, 0.05) is 5.54 Å². The fraction of sp³-hybridized carbons (Fsp3) is 0.636. The number of nitrogens with one attached hydrogen (secondary N) is 1. The van der Waals surface area contributed by atoms with Crippen molar-refractivity contribution in [3.05, 3.63) is 65.7 Å². The number of rotatable bonds is 5. The van der Waals surface area contributed by atoms with Gasteiger partial charge in [-0.1, -0.05) is 109 Å². The molecule has 6 atom stereocenters. The molecule has 1 nitrogen and oxygen atoms in total. The summed E-state index contributed by atoms with van der Waals surface area (Å²) in [7, 11) is -1.98. The van der Waals surface area contributed by atoms with E-state index in [0.29, 0.717) is 0 Å². The predicted molar refractivity (Wildman–Crippen MR) is 156 cm³/mol. The molecule has 192 valence electrons. The highest BCUT2D eigenvalue weighted by molar-refractivity contribution is 6.90. The minimum Gasteiger partial charge on any atom is -0.329 e. The molecule has 2 heteroatoms. The summed E-state index contributed by atoms with van der Waals surface area (Å²) in [5.41, 5.74) is 4.17. The number of benzene rings is 2. The minimum absolute atomic E-state index is 0.118. The second-order valence-corrected chi connectivity index (χ2v) is 18.2. The van der Waals surface area contributed by atoms with Gasteiger partial charge in [-0.2, -0.15) is 0 Å². The van der Waals surface area contributed by atoms with E-state index < -0.39 is 8.24 Å². The molecule has 2 fully saturated rings. The molecule has 0 radical (unpaired) electrons. The number of hydrogen-bond acceptors (Lipinski definition) is 1. The maximum absolute atomic E-state index is 4.33. The van der Waals surface area contributed by atoms with Crippen molar-refractivity contribution in [3.63, 3.8) is 0 Å². The van der Waals surface area contributed by atoms with Gasteiger partial charge >= 0.3 is 0 Å². The van der Waals surface area contributed by atoms with Crippen LogP contribution in [0.1, 0.15) is 98.1 Å². The first-order valence-corrected chi connectivity index (χ1v) is 16.8. The first-order valence-electron chi connectivity index (χ1n) is 14.3. The Morgan fingerprint density at radius 1 is 0.829 bits per heavy atom. The highest BCUT2D eigenvalue weighted by atomic mass is 28.3. The normalized spacial score (nSPS) is 29.1. The lowest BCUT2D eigenvalue weighted by Gasteiger charge is -2.47. The van der Waals surface area contributed by atoms with E-state index in [1.165, 1.54) is 31.2 Å². The third kappa shape index (κ3) is 5.49. The van der Waals surface area contributed by atoms with Gasteiger partial charge in [-0.25, -0.2) is 0 Å². The lowest BCUT2D eigenvalue weighted by Crippen LogP contribution is -2.68. The molecular formula is C33H51NSi. The van der Waals surface area contributed by atoms with E-state index in [2.05, 4.69) is 122 Å². The molecular weight excluding hydrogens is 438 g/mol. The van der Waals surface area contributed by atoms with Crippen LogP contribution >= 0.6 is 0 Å². The first kappa shape index (κ1) is 26.7. The zero-order valence-corrected chi connectivity index (χ0v) is 25.0. The fourth-order valence-corrected chi connectivity index (χ4v) is 13.7. The van der Waals surface area contributed by atoms with Crippen LogP contribution in [0.5, 0.6) is 0 Å². The Labute approximate surface area is 217 Å². The molecule has 0 amide bonds.